The molecule has 1 fully saturated rings. The highest BCUT2D eigenvalue weighted by molar-refractivity contribution is 5.95. The Morgan fingerprint density at radius 3 is 2.62 bits per heavy atom. The van der Waals surface area contributed by atoms with Crippen molar-refractivity contribution in [2.24, 2.45) is 0 Å². The summed E-state index contributed by atoms with van der Waals surface area (Å²) in [5, 5.41) is 2.74. The minimum absolute atomic E-state index is 0.103. The monoisotopic (exact) mass is 222 g/mol. The van der Waals surface area contributed by atoms with Gasteiger partial charge in [0.25, 0.3) is 0 Å². The average molecular weight is 222 g/mol. The topological polar surface area (TPSA) is 55.4 Å². The second kappa shape index (κ2) is 7.25. The molecule has 1 aliphatic rings. The smallest absolute Gasteiger partial charge is 0.305 e. The summed E-state index contributed by atoms with van der Waals surface area (Å²) in [5.41, 5.74) is 0. The second-order valence-corrected chi connectivity index (χ2v) is 3.34. The summed E-state index contributed by atoms with van der Waals surface area (Å²) in [4.78, 5) is 22.4. The molecule has 87 valence electrons. The standard InChI is InChI=1S/C12H16NO3/c1-2-16-11(14)8-5-9-13-12(15)10-6-3-4-7-10/h3-4,6-7H,2,5,8-9H2,1H3,(H,13,15). The first-order valence-corrected chi connectivity index (χ1v) is 5.39. The Hall–Kier alpha value is -1.06. The molecule has 0 heterocycles. The third kappa shape index (κ3) is 4.64. The van der Waals surface area contributed by atoms with Crippen molar-refractivity contribution in [3.63, 3.8) is 0 Å². The molecule has 4 nitrogen and oxygen atoms in total. The Labute approximate surface area is 96.7 Å². The second-order valence-electron chi connectivity index (χ2n) is 3.34. The molecule has 5 radical (unpaired) electrons. The van der Waals surface area contributed by atoms with E-state index in [0.29, 0.717) is 31.9 Å². The van der Waals surface area contributed by atoms with Crippen molar-refractivity contribution < 1.29 is 14.3 Å². The van der Waals surface area contributed by atoms with Crippen LogP contribution in [0.4, 0.5) is 0 Å². The summed E-state index contributed by atoms with van der Waals surface area (Å²) in [7, 11) is 0. The van der Waals surface area contributed by atoms with Gasteiger partial charge in [-0.3, -0.25) is 9.59 Å². The van der Waals surface area contributed by atoms with Crippen molar-refractivity contribution in [3.05, 3.63) is 31.6 Å². The van der Waals surface area contributed by atoms with Crippen molar-refractivity contribution in [2.75, 3.05) is 13.2 Å². The van der Waals surface area contributed by atoms with Crippen molar-refractivity contribution in [1.82, 2.24) is 5.32 Å². The molecule has 1 rings (SSSR count). The normalized spacial score (nSPS) is 16.1. The van der Waals surface area contributed by atoms with Crippen LogP contribution in [0.2, 0.25) is 0 Å². The Bertz CT molecular complexity index is 234. The Morgan fingerprint density at radius 2 is 2.00 bits per heavy atom. The molecule has 0 bridgehead atoms. The van der Waals surface area contributed by atoms with Crippen molar-refractivity contribution in [2.45, 2.75) is 19.8 Å². The van der Waals surface area contributed by atoms with Gasteiger partial charge in [0, 0.05) is 13.0 Å². The summed E-state index contributed by atoms with van der Waals surface area (Å²) in [5.74, 6) is 0.329. The van der Waals surface area contributed by atoms with Crippen LogP contribution < -0.4 is 5.32 Å². The third-order valence-corrected chi connectivity index (χ3v) is 2.07. The molecule has 1 N–H and O–H groups in total. The molecule has 0 spiro atoms. The molecule has 0 aromatic heterocycles. The van der Waals surface area contributed by atoms with Crippen LogP contribution in [0.3, 0.4) is 0 Å². The summed E-state index contributed by atoms with van der Waals surface area (Å²) in [6.45, 7) is 2.66. The molecule has 0 aliphatic heterocycles. The summed E-state index contributed by atoms with van der Waals surface area (Å²) >= 11 is 0. The molecule has 0 aromatic rings. The predicted molar refractivity (Wildman–Crippen MR) is 59.3 cm³/mol. The lowest BCUT2D eigenvalue weighted by Crippen LogP contribution is -2.29. The molecule has 0 atom stereocenters. The van der Waals surface area contributed by atoms with E-state index in [1.807, 2.05) is 12.8 Å². The molecule has 1 aliphatic carbocycles. The highest BCUT2D eigenvalue weighted by Gasteiger charge is 2.23. The molecule has 0 unspecified atom stereocenters. The summed E-state index contributed by atoms with van der Waals surface area (Å²) < 4.78 is 4.77. The minimum atomic E-state index is -0.218. The maximum atomic E-state index is 11.4. The molecule has 4 heteroatoms. The number of rotatable bonds is 6. The lowest BCUT2D eigenvalue weighted by Gasteiger charge is -2.08. The van der Waals surface area contributed by atoms with Gasteiger partial charge in [-0.1, -0.05) is 0 Å². The van der Waals surface area contributed by atoms with Gasteiger partial charge in [0.1, 0.15) is 0 Å². The first-order valence-electron chi connectivity index (χ1n) is 5.39. The van der Waals surface area contributed by atoms with Gasteiger partial charge in [-0.05, 0) is 39.0 Å². The lowest BCUT2D eigenvalue weighted by atomic mass is 10.1. The van der Waals surface area contributed by atoms with Crippen LogP contribution in [0.1, 0.15) is 19.8 Å². The van der Waals surface area contributed by atoms with E-state index >= 15 is 0 Å². The number of hydrogen-bond donors (Lipinski definition) is 1. The Kier molecular flexibility index (Phi) is 5.90. The SMILES string of the molecule is CCOC(=O)CCCNC(=O)[C]1[CH][CH][CH][CH]1. The Morgan fingerprint density at radius 1 is 1.31 bits per heavy atom. The molecular weight excluding hydrogens is 206 g/mol. The van der Waals surface area contributed by atoms with E-state index in [0.717, 1.165) is 0 Å². The number of amides is 1. The molecule has 0 saturated heterocycles. The number of carbonyl (C=O) groups is 2. The third-order valence-electron chi connectivity index (χ3n) is 2.07. The summed E-state index contributed by atoms with van der Waals surface area (Å²) in [6, 6.07) is 0. The van der Waals surface area contributed by atoms with E-state index in [1.165, 1.54) is 0 Å². The van der Waals surface area contributed by atoms with E-state index in [2.05, 4.69) is 5.32 Å². The number of hydrogen-bond acceptors (Lipinski definition) is 3. The molecule has 16 heavy (non-hydrogen) atoms. The van der Waals surface area contributed by atoms with E-state index in [-0.39, 0.29) is 11.9 Å². The number of nitrogens with one attached hydrogen (secondary N) is 1. The van der Waals surface area contributed by atoms with Gasteiger partial charge in [0.15, 0.2) is 0 Å². The highest BCUT2D eigenvalue weighted by Crippen LogP contribution is 2.22. The maximum absolute atomic E-state index is 11.4. The van der Waals surface area contributed by atoms with Crippen LogP contribution in [0.5, 0.6) is 0 Å². The van der Waals surface area contributed by atoms with Crippen molar-refractivity contribution in [3.8, 4) is 0 Å². The van der Waals surface area contributed by atoms with Crippen LogP contribution in [0.15, 0.2) is 0 Å². The minimum Gasteiger partial charge on any atom is -0.466 e. The van der Waals surface area contributed by atoms with E-state index in [4.69, 9.17) is 4.74 Å². The zero-order chi connectivity index (χ0) is 11.8. The molecular formula is C12H16NO3. The van der Waals surface area contributed by atoms with Crippen LogP contribution >= 0.6 is 0 Å². The van der Waals surface area contributed by atoms with E-state index in [1.54, 1.807) is 19.8 Å². The number of carbonyl (C=O) groups excluding carboxylic acids is 2. The first-order chi connectivity index (χ1) is 7.74. The molecule has 1 amide bonds. The zero-order valence-corrected chi connectivity index (χ0v) is 9.36. The molecule has 0 aromatic carbocycles. The van der Waals surface area contributed by atoms with Crippen LogP contribution in [-0.4, -0.2) is 25.0 Å². The quantitative estimate of drug-likeness (QED) is 0.535. The van der Waals surface area contributed by atoms with Gasteiger partial charge >= 0.3 is 5.97 Å². The van der Waals surface area contributed by atoms with Crippen LogP contribution in [0.25, 0.3) is 0 Å². The summed E-state index contributed by atoms with van der Waals surface area (Å²) in [6.07, 6.45) is 8.07. The maximum Gasteiger partial charge on any atom is 0.305 e. The van der Waals surface area contributed by atoms with Gasteiger partial charge in [-0.15, -0.1) is 0 Å². The number of esters is 1. The zero-order valence-electron chi connectivity index (χ0n) is 9.36. The van der Waals surface area contributed by atoms with E-state index < -0.39 is 0 Å². The van der Waals surface area contributed by atoms with E-state index in [9.17, 15) is 9.59 Å². The Balaban J connectivity index is 2.02. The lowest BCUT2D eigenvalue weighted by molar-refractivity contribution is -0.143. The largest absolute Gasteiger partial charge is 0.466 e. The van der Waals surface area contributed by atoms with Gasteiger partial charge in [-0.2, -0.15) is 0 Å². The highest BCUT2D eigenvalue weighted by atomic mass is 16.5. The van der Waals surface area contributed by atoms with Gasteiger partial charge in [0.2, 0.25) is 5.91 Å². The average Bonchev–Trinajstić information content (AvgIpc) is 2.78. The fourth-order valence-corrected chi connectivity index (χ4v) is 1.30. The molecule has 1 saturated carbocycles. The van der Waals surface area contributed by atoms with Gasteiger partial charge < -0.3 is 10.1 Å². The predicted octanol–water partition coefficient (Wildman–Crippen LogP) is 0.851. The van der Waals surface area contributed by atoms with Gasteiger partial charge in [-0.25, -0.2) is 0 Å². The fraction of sp³-hybridized carbons (Fsp3) is 0.417. The van der Waals surface area contributed by atoms with Crippen LogP contribution in [0, 0.1) is 31.6 Å². The first kappa shape index (κ1) is 13.0. The van der Waals surface area contributed by atoms with Crippen LogP contribution in [-0.2, 0) is 14.3 Å². The number of ether oxygens (including phenoxy) is 1. The van der Waals surface area contributed by atoms with Crippen molar-refractivity contribution in [1.29, 1.82) is 0 Å². The fourth-order valence-electron chi connectivity index (χ4n) is 1.30. The van der Waals surface area contributed by atoms with Crippen molar-refractivity contribution >= 4 is 11.9 Å². The van der Waals surface area contributed by atoms with Gasteiger partial charge in [0.05, 0.1) is 12.5 Å².